The second-order valence-corrected chi connectivity index (χ2v) is 6.26. The van der Waals surface area contributed by atoms with Crippen molar-refractivity contribution < 1.29 is 32.6 Å². The summed E-state index contributed by atoms with van der Waals surface area (Å²) in [4.78, 5) is 24.3. The van der Waals surface area contributed by atoms with Crippen LogP contribution in [0.4, 0.5) is 13.2 Å². The molecule has 0 spiro atoms. The first-order valence-corrected chi connectivity index (χ1v) is 7.62. The Morgan fingerprint density at radius 1 is 1.26 bits per heavy atom. The van der Waals surface area contributed by atoms with E-state index in [0.717, 1.165) is 19.4 Å². The maximum Gasteiger partial charge on any atom is 0.411 e. The van der Waals surface area contributed by atoms with E-state index in [0.29, 0.717) is 18.8 Å². The summed E-state index contributed by atoms with van der Waals surface area (Å²) >= 11 is 0. The molecule has 0 bridgehead atoms. The normalized spacial score (nSPS) is 24.3. The van der Waals surface area contributed by atoms with Crippen LogP contribution in [0.15, 0.2) is 0 Å². The highest BCUT2D eigenvalue weighted by Crippen LogP contribution is 2.33. The molecule has 0 aromatic carbocycles. The van der Waals surface area contributed by atoms with Crippen LogP contribution < -0.4 is 5.32 Å². The average Bonchev–Trinajstić information content (AvgIpc) is 3.14. The van der Waals surface area contributed by atoms with E-state index < -0.39 is 31.3 Å². The van der Waals surface area contributed by atoms with E-state index in [1.165, 1.54) is 0 Å². The highest BCUT2D eigenvalue weighted by atomic mass is 19.4. The van der Waals surface area contributed by atoms with E-state index >= 15 is 0 Å². The quantitative estimate of drug-likeness (QED) is 0.656. The van der Waals surface area contributed by atoms with Crippen LogP contribution in [-0.2, 0) is 14.3 Å². The molecule has 2 rings (SSSR count). The van der Waals surface area contributed by atoms with Gasteiger partial charge in [-0.05, 0) is 31.6 Å². The zero-order valence-electron chi connectivity index (χ0n) is 12.6. The molecule has 0 aliphatic heterocycles. The minimum absolute atomic E-state index is 0.0173. The van der Waals surface area contributed by atoms with Crippen molar-refractivity contribution in [1.82, 2.24) is 10.2 Å². The van der Waals surface area contributed by atoms with E-state index in [1.54, 1.807) is 0 Å². The SMILES string of the molecule is O=C(O)CN(CC1CC1)C1CC(NC(=O)COCC(F)(F)F)C1. The number of aliphatic carboxylic acids is 1. The van der Waals surface area contributed by atoms with Crippen molar-refractivity contribution in [3.8, 4) is 0 Å². The van der Waals surface area contributed by atoms with Crippen LogP contribution in [0.25, 0.3) is 0 Å². The lowest BCUT2D eigenvalue weighted by atomic mass is 9.85. The number of rotatable bonds is 9. The van der Waals surface area contributed by atoms with Crippen LogP contribution >= 0.6 is 0 Å². The number of alkyl halides is 3. The van der Waals surface area contributed by atoms with Gasteiger partial charge in [-0.3, -0.25) is 14.5 Å². The number of carboxylic acids is 1. The molecule has 0 atom stereocenters. The predicted octanol–water partition coefficient (Wildman–Crippen LogP) is 1.01. The number of carbonyl (C=O) groups is 2. The van der Waals surface area contributed by atoms with E-state index in [4.69, 9.17) is 5.11 Å². The Balaban J connectivity index is 1.64. The molecule has 2 N–H and O–H groups in total. The van der Waals surface area contributed by atoms with Gasteiger partial charge in [-0.15, -0.1) is 0 Å². The van der Waals surface area contributed by atoms with Crippen molar-refractivity contribution in [2.75, 3.05) is 26.3 Å². The van der Waals surface area contributed by atoms with Gasteiger partial charge < -0.3 is 15.2 Å². The summed E-state index contributed by atoms with van der Waals surface area (Å²) in [7, 11) is 0. The molecule has 9 heteroatoms. The van der Waals surface area contributed by atoms with Crippen LogP contribution in [0.1, 0.15) is 25.7 Å². The van der Waals surface area contributed by atoms with E-state index in [-0.39, 0.29) is 18.6 Å². The van der Waals surface area contributed by atoms with E-state index in [9.17, 15) is 22.8 Å². The fraction of sp³-hybridized carbons (Fsp3) is 0.857. The third-order valence-electron chi connectivity index (χ3n) is 4.02. The molecular formula is C14H21F3N2O4. The molecule has 0 unspecified atom stereocenters. The van der Waals surface area contributed by atoms with Crippen LogP contribution in [-0.4, -0.2) is 66.4 Å². The monoisotopic (exact) mass is 338 g/mol. The van der Waals surface area contributed by atoms with Crippen LogP contribution in [0.2, 0.25) is 0 Å². The molecule has 23 heavy (non-hydrogen) atoms. The predicted molar refractivity (Wildman–Crippen MR) is 73.8 cm³/mol. The Labute approximate surface area is 132 Å². The fourth-order valence-electron chi connectivity index (χ4n) is 2.68. The number of amides is 1. The van der Waals surface area contributed by atoms with Crippen LogP contribution in [0, 0.1) is 5.92 Å². The van der Waals surface area contributed by atoms with E-state index in [2.05, 4.69) is 10.1 Å². The van der Waals surface area contributed by atoms with Gasteiger partial charge in [0.05, 0.1) is 6.54 Å². The highest BCUT2D eigenvalue weighted by molar-refractivity contribution is 5.77. The largest absolute Gasteiger partial charge is 0.480 e. The fourth-order valence-corrected chi connectivity index (χ4v) is 2.68. The number of nitrogens with one attached hydrogen (secondary N) is 1. The summed E-state index contributed by atoms with van der Waals surface area (Å²) in [6, 6.07) is -0.0226. The summed E-state index contributed by atoms with van der Waals surface area (Å²) in [5.41, 5.74) is 0. The first kappa shape index (κ1) is 18.0. The maximum absolute atomic E-state index is 11.9. The number of carbonyl (C=O) groups excluding carboxylic acids is 1. The van der Waals surface area contributed by atoms with Gasteiger partial charge in [0, 0.05) is 18.6 Å². The van der Waals surface area contributed by atoms with Crippen molar-refractivity contribution in [3.05, 3.63) is 0 Å². The number of hydrogen-bond acceptors (Lipinski definition) is 4. The Morgan fingerprint density at radius 3 is 2.43 bits per heavy atom. The lowest BCUT2D eigenvalue weighted by molar-refractivity contribution is -0.176. The van der Waals surface area contributed by atoms with Gasteiger partial charge in [-0.25, -0.2) is 0 Å². The third-order valence-corrected chi connectivity index (χ3v) is 4.02. The van der Waals surface area contributed by atoms with Crippen molar-refractivity contribution in [3.63, 3.8) is 0 Å². The minimum Gasteiger partial charge on any atom is -0.480 e. The summed E-state index contributed by atoms with van der Waals surface area (Å²) in [5, 5.41) is 11.5. The molecule has 2 saturated carbocycles. The molecule has 0 heterocycles. The molecule has 0 aromatic rings. The van der Waals surface area contributed by atoms with Crippen molar-refractivity contribution in [2.24, 2.45) is 5.92 Å². The van der Waals surface area contributed by atoms with Gasteiger partial charge >= 0.3 is 12.1 Å². The van der Waals surface area contributed by atoms with Crippen LogP contribution in [0.5, 0.6) is 0 Å². The second kappa shape index (κ2) is 7.48. The van der Waals surface area contributed by atoms with Crippen molar-refractivity contribution >= 4 is 11.9 Å². The molecule has 1 amide bonds. The molecule has 0 radical (unpaired) electrons. The van der Waals surface area contributed by atoms with Gasteiger partial charge in [0.15, 0.2) is 0 Å². The Morgan fingerprint density at radius 2 is 1.91 bits per heavy atom. The first-order chi connectivity index (χ1) is 10.7. The molecule has 132 valence electrons. The molecule has 0 aromatic heterocycles. The van der Waals surface area contributed by atoms with Gasteiger partial charge in [0.1, 0.15) is 13.2 Å². The topological polar surface area (TPSA) is 78.9 Å². The van der Waals surface area contributed by atoms with Gasteiger partial charge in [0.25, 0.3) is 0 Å². The highest BCUT2D eigenvalue weighted by Gasteiger charge is 2.37. The van der Waals surface area contributed by atoms with Gasteiger partial charge in [0.2, 0.25) is 5.91 Å². The summed E-state index contributed by atoms with van der Waals surface area (Å²) in [6.45, 7) is -1.33. The van der Waals surface area contributed by atoms with Crippen LogP contribution in [0.3, 0.4) is 0 Å². The zero-order chi connectivity index (χ0) is 17.0. The number of nitrogens with zero attached hydrogens (tertiary/aromatic N) is 1. The number of carboxylic acid groups (broad SMARTS) is 1. The van der Waals surface area contributed by atoms with Gasteiger partial charge in [-0.2, -0.15) is 13.2 Å². The lowest BCUT2D eigenvalue weighted by Gasteiger charge is -2.42. The summed E-state index contributed by atoms with van der Waals surface area (Å²) < 4.78 is 40.0. The molecule has 2 aliphatic rings. The molecule has 2 aliphatic carbocycles. The van der Waals surface area contributed by atoms with Gasteiger partial charge in [-0.1, -0.05) is 0 Å². The first-order valence-electron chi connectivity index (χ1n) is 7.62. The molecule has 2 fully saturated rings. The maximum atomic E-state index is 11.9. The standard InChI is InChI=1S/C14H21F3N2O4/c15-14(16,17)8-23-7-12(20)18-10-3-11(4-10)19(6-13(21)22)5-9-1-2-9/h9-11H,1-8H2,(H,18,20)(H,21,22). The zero-order valence-corrected chi connectivity index (χ0v) is 12.6. The number of halogens is 3. The Hall–Kier alpha value is -1.35. The minimum atomic E-state index is -4.44. The lowest BCUT2D eigenvalue weighted by Crippen LogP contribution is -2.55. The molecular weight excluding hydrogens is 317 g/mol. The summed E-state index contributed by atoms with van der Waals surface area (Å²) in [5.74, 6) is -0.887. The average molecular weight is 338 g/mol. The summed E-state index contributed by atoms with van der Waals surface area (Å²) in [6.07, 6.45) is -0.961. The number of hydrogen-bond donors (Lipinski definition) is 2. The Kier molecular flexibility index (Phi) is 5.85. The third kappa shape index (κ3) is 6.74. The molecule has 6 nitrogen and oxygen atoms in total. The number of ether oxygens (including phenoxy) is 1. The second-order valence-electron chi connectivity index (χ2n) is 6.26. The van der Waals surface area contributed by atoms with E-state index in [1.807, 2.05) is 4.90 Å². The Bertz CT molecular complexity index is 434. The van der Waals surface area contributed by atoms with Crippen molar-refractivity contribution in [2.45, 2.75) is 43.9 Å². The smallest absolute Gasteiger partial charge is 0.411 e. The molecule has 0 saturated heterocycles. The van der Waals surface area contributed by atoms with Crippen molar-refractivity contribution in [1.29, 1.82) is 0 Å².